The summed E-state index contributed by atoms with van der Waals surface area (Å²) in [6.07, 6.45) is 0. The molecule has 8 heteroatoms. The number of amides is 1. The van der Waals surface area contributed by atoms with Crippen LogP contribution in [0.3, 0.4) is 0 Å². The van der Waals surface area contributed by atoms with Crippen molar-refractivity contribution in [2.24, 2.45) is 4.99 Å². The molecule has 0 atom stereocenters. The van der Waals surface area contributed by atoms with Crippen molar-refractivity contribution >= 4 is 47.2 Å². The van der Waals surface area contributed by atoms with Gasteiger partial charge in [-0.25, -0.2) is 4.98 Å². The minimum Gasteiger partial charge on any atom is -0.358 e. The van der Waals surface area contributed by atoms with Crippen molar-refractivity contribution in [3.8, 4) is 0 Å². The van der Waals surface area contributed by atoms with Crippen LogP contribution in [0.25, 0.3) is 0 Å². The molecule has 0 saturated carbocycles. The van der Waals surface area contributed by atoms with E-state index in [0.717, 1.165) is 10.7 Å². The highest BCUT2D eigenvalue weighted by atomic mass is 127. The average molecular weight is 411 g/mol. The number of carbonyl (C=O) groups excluding carboxylic acids is 1. The van der Waals surface area contributed by atoms with Crippen molar-refractivity contribution < 1.29 is 4.79 Å². The van der Waals surface area contributed by atoms with Gasteiger partial charge in [-0.1, -0.05) is 13.8 Å². The number of guanidine groups is 1. The van der Waals surface area contributed by atoms with E-state index >= 15 is 0 Å². The highest BCUT2D eigenvalue weighted by Gasteiger charge is 2.06. The third-order valence-electron chi connectivity index (χ3n) is 2.49. The first kappa shape index (κ1) is 19.1. The molecule has 1 amide bonds. The Labute approximate surface area is 140 Å². The molecule has 20 heavy (non-hydrogen) atoms. The lowest BCUT2D eigenvalue weighted by Crippen LogP contribution is -2.42. The summed E-state index contributed by atoms with van der Waals surface area (Å²) in [7, 11) is 3.27. The molecule has 6 nitrogen and oxygen atoms in total. The summed E-state index contributed by atoms with van der Waals surface area (Å²) in [5, 5.41) is 11.7. The van der Waals surface area contributed by atoms with Gasteiger partial charge >= 0.3 is 0 Å². The van der Waals surface area contributed by atoms with Crippen molar-refractivity contribution in [2.75, 3.05) is 20.6 Å². The van der Waals surface area contributed by atoms with Crippen LogP contribution < -0.4 is 16.0 Å². The maximum atomic E-state index is 11.1. The molecule has 114 valence electrons. The number of nitrogens with zero attached hydrogens (tertiary/aromatic N) is 2. The number of carbonyl (C=O) groups is 1. The number of aliphatic imine (C=N–C) groups is 1. The van der Waals surface area contributed by atoms with Gasteiger partial charge in [-0.3, -0.25) is 9.79 Å². The van der Waals surface area contributed by atoms with Crippen LogP contribution in [0.2, 0.25) is 0 Å². The summed E-state index contributed by atoms with van der Waals surface area (Å²) in [6, 6.07) is 0. The second-order valence-electron chi connectivity index (χ2n) is 4.27. The van der Waals surface area contributed by atoms with Gasteiger partial charge in [-0.05, 0) is 5.92 Å². The molecule has 1 aromatic rings. The Morgan fingerprint density at radius 3 is 2.65 bits per heavy atom. The van der Waals surface area contributed by atoms with Crippen molar-refractivity contribution in [2.45, 2.75) is 26.3 Å². The van der Waals surface area contributed by atoms with E-state index in [1.54, 1.807) is 25.4 Å². The van der Waals surface area contributed by atoms with E-state index in [2.05, 4.69) is 45.2 Å². The number of likely N-dealkylation sites (N-methyl/N-ethyl adjacent to an activating group) is 1. The Morgan fingerprint density at radius 2 is 2.15 bits per heavy atom. The predicted molar refractivity (Wildman–Crippen MR) is 93.9 cm³/mol. The molecule has 0 spiro atoms. The number of hydrogen-bond donors (Lipinski definition) is 3. The van der Waals surface area contributed by atoms with Crippen LogP contribution in [0.4, 0.5) is 0 Å². The summed E-state index contributed by atoms with van der Waals surface area (Å²) in [5.41, 5.74) is 1.11. The zero-order valence-corrected chi connectivity index (χ0v) is 15.3. The molecule has 1 heterocycles. The monoisotopic (exact) mass is 411 g/mol. The number of hydrogen-bond acceptors (Lipinski definition) is 4. The standard InChI is InChI=1S/C12H21N5OS.HI/c1-8(2)9-7-19-11(17-9)6-16-12(14-4)15-5-10(18)13-3;/h7-8H,5-6H2,1-4H3,(H,13,18)(H2,14,15,16);1H. The fourth-order valence-electron chi connectivity index (χ4n) is 1.30. The van der Waals surface area contributed by atoms with Crippen LogP contribution in [0.1, 0.15) is 30.5 Å². The molecule has 0 bridgehead atoms. The number of aromatic nitrogens is 1. The van der Waals surface area contributed by atoms with Gasteiger partial charge in [0, 0.05) is 19.5 Å². The lowest BCUT2D eigenvalue weighted by Gasteiger charge is -2.09. The highest BCUT2D eigenvalue weighted by Crippen LogP contribution is 2.17. The summed E-state index contributed by atoms with van der Waals surface area (Å²) in [6.45, 7) is 5.04. The molecule has 0 radical (unpaired) electrons. The number of halogens is 1. The third-order valence-corrected chi connectivity index (χ3v) is 3.35. The lowest BCUT2D eigenvalue weighted by molar-refractivity contribution is -0.119. The molecule has 0 unspecified atom stereocenters. The van der Waals surface area contributed by atoms with Crippen LogP contribution in [0.5, 0.6) is 0 Å². The minimum absolute atomic E-state index is 0. The first-order valence-corrected chi connectivity index (χ1v) is 7.04. The molecule has 0 fully saturated rings. The molecular formula is C12H22IN5OS. The Bertz CT molecular complexity index is 447. The van der Waals surface area contributed by atoms with Gasteiger partial charge in [0.1, 0.15) is 5.01 Å². The lowest BCUT2D eigenvalue weighted by atomic mass is 10.2. The summed E-state index contributed by atoms with van der Waals surface area (Å²) < 4.78 is 0. The fraction of sp³-hybridized carbons (Fsp3) is 0.583. The highest BCUT2D eigenvalue weighted by molar-refractivity contribution is 14.0. The van der Waals surface area contributed by atoms with Gasteiger partial charge in [0.25, 0.3) is 0 Å². The van der Waals surface area contributed by atoms with Crippen molar-refractivity contribution in [1.29, 1.82) is 0 Å². The Morgan fingerprint density at radius 1 is 1.45 bits per heavy atom. The van der Waals surface area contributed by atoms with Gasteiger partial charge in [0.15, 0.2) is 5.96 Å². The van der Waals surface area contributed by atoms with Crippen molar-refractivity contribution in [3.05, 3.63) is 16.1 Å². The van der Waals surface area contributed by atoms with Gasteiger partial charge in [0.05, 0.1) is 18.8 Å². The second-order valence-corrected chi connectivity index (χ2v) is 5.22. The molecule has 3 N–H and O–H groups in total. The Hall–Kier alpha value is -0.900. The van der Waals surface area contributed by atoms with Gasteiger partial charge in [0.2, 0.25) is 5.91 Å². The molecular weight excluding hydrogens is 389 g/mol. The number of nitrogens with one attached hydrogen (secondary N) is 3. The Kier molecular flexibility index (Phi) is 9.47. The van der Waals surface area contributed by atoms with Crippen molar-refractivity contribution in [3.63, 3.8) is 0 Å². The molecule has 1 rings (SSSR count). The smallest absolute Gasteiger partial charge is 0.239 e. The van der Waals surface area contributed by atoms with Crippen LogP contribution in [0.15, 0.2) is 10.4 Å². The molecule has 0 aliphatic rings. The molecule has 0 aliphatic heterocycles. The first-order valence-electron chi connectivity index (χ1n) is 6.16. The average Bonchev–Trinajstić information content (AvgIpc) is 2.87. The minimum atomic E-state index is -0.0840. The van der Waals surface area contributed by atoms with E-state index in [1.165, 1.54) is 0 Å². The zero-order chi connectivity index (χ0) is 14.3. The second kappa shape index (κ2) is 9.92. The number of rotatable bonds is 5. The van der Waals surface area contributed by atoms with Crippen LogP contribution in [-0.2, 0) is 11.3 Å². The van der Waals surface area contributed by atoms with E-state index < -0.39 is 0 Å². The fourth-order valence-corrected chi connectivity index (χ4v) is 2.20. The topological polar surface area (TPSA) is 78.4 Å². The van der Waals surface area contributed by atoms with E-state index in [1.807, 2.05) is 0 Å². The summed E-state index contributed by atoms with van der Waals surface area (Å²) in [4.78, 5) is 19.7. The summed E-state index contributed by atoms with van der Waals surface area (Å²) in [5.74, 6) is 0.944. The number of thiazole rings is 1. The van der Waals surface area contributed by atoms with Gasteiger partial charge < -0.3 is 16.0 Å². The van der Waals surface area contributed by atoms with Crippen LogP contribution in [0, 0.1) is 0 Å². The van der Waals surface area contributed by atoms with Crippen molar-refractivity contribution in [1.82, 2.24) is 20.9 Å². The van der Waals surface area contributed by atoms with E-state index in [-0.39, 0.29) is 36.4 Å². The maximum absolute atomic E-state index is 11.1. The molecule has 0 aromatic carbocycles. The van der Waals surface area contributed by atoms with E-state index in [0.29, 0.717) is 18.4 Å². The molecule has 0 saturated heterocycles. The Balaban J connectivity index is 0.00000361. The molecule has 0 aliphatic carbocycles. The first-order chi connectivity index (χ1) is 9.06. The SMILES string of the molecule is CN=C(NCC(=O)NC)NCc1nc(C(C)C)cs1.I. The normalized spacial score (nSPS) is 10.9. The third kappa shape index (κ3) is 6.51. The van der Waals surface area contributed by atoms with Gasteiger partial charge in [-0.15, -0.1) is 35.3 Å². The van der Waals surface area contributed by atoms with E-state index in [9.17, 15) is 4.79 Å². The predicted octanol–water partition coefficient (Wildman–Crippen LogP) is 1.30. The quantitative estimate of drug-likeness (QED) is 0.388. The van der Waals surface area contributed by atoms with Crippen LogP contribution in [-0.4, -0.2) is 37.5 Å². The summed E-state index contributed by atoms with van der Waals surface area (Å²) >= 11 is 1.62. The zero-order valence-electron chi connectivity index (χ0n) is 12.2. The maximum Gasteiger partial charge on any atom is 0.239 e. The largest absolute Gasteiger partial charge is 0.358 e. The van der Waals surface area contributed by atoms with E-state index in [4.69, 9.17) is 0 Å². The van der Waals surface area contributed by atoms with Gasteiger partial charge in [-0.2, -0.15) is 0 Å². The van der Waals surface area contributed by atoms with Crippen LogP contribution >= 0.6 is 35.3 Å². The molecule has 1 aromatic heterocycles.